The Labute approximate surface area is 437 Å². The predicted molar refractivity (Wildman–Crippen MR) is 261 cm³/mol. The summed E-state index contributed by atoms with van der Waals surface area (Å²) in [5, 5.41) is 50.2. The Morgan fingerprint density at radius 3 is 1.61 bits per heavy atom. The van der Waals surface area contributed by atoms with E-state index in [1.165, 1.54) is 60.7 Å². The molecule has 0 radical (unpaired) electrons. The first kappa shape index (κ1) is 53.1. The molecule has 3 unspecified atom stereocenters. The van der Waals surface area contributed by atoms with Crippen LogP contribution in [0, 0.1) is 43.5 Å². The van der Waals surface area contributed by atoms with Crippen LogP contribution >= 0.6 is 63.7 Å². The highest BCUT2D eigenvalue weighted by Gasteiger charge is 2.31. The third-order valence-corrected chi connectivity index (χ3v) is 13.1. The highest BCUT2D eigenvalue weighted by Crippen LogP contribution is 2.38. The monoisotopic (exact) mass is 1250 g/mol. The van der Waals surface area contributed by atoms with Crippen molar-refractivity contribution in [3.8, 4) is 22.9 Å². The van der Waals surface area contributed by atoms with E-state index in [0.29, 0.717) is 36.8 Å². The fourth-order valence-corrected chi connectivity index (χ4v) is 9.08. The summed E-state index contributed by atoms with van der Waals surface area (Å²) in [6.07, 6.45) is 3.59. The Bertz CT molecular complexity index is 3370. The number of halogens is 8. The van der Waals surface area contributed by atoms with Gasteiger partial charge in [0.2, 0.25) is 17.3 Å². The van der Waals surface area contributed by atoms with Crippen molar-refractivity contribution >= 4 is 81.1 Å². The fraction of sp³-hybridized carbons (Fsp3) is 0.205. The lowest BCUT2D eigenvalue weighted by atomic mass is 10.1. The molecule has 1 N–H and O–H groups in total. The van der Waals surface area contributed by atoms with E-state index in [2.05, 4.69) is 94.1 Å². The van der Waals surface area contributed by atoms with E-state index in [9.17, 15) is 47.7 Å². The maximum atomic E-state index is 14.9. The zero-order valence-electron chi connectivity index (χ0n) is 37.4. The topological polar surface area (TPSA) is 239 Å². The number of pyridine rings is 2. The molecule has 6 aromatic heterocycles. The Morgan fingerprint density at radius 2 is 1.12 bits per heavy atom. The van der Waals surface area contributed by atoms with Gasteiger partial charge in [-0.15, -0.1) is 0 Å². The number of rotatable bonds is 16. The number of aryl methyl sites for hydroxylation is 2. The Morgan fingerprint density at radius 1 is 0.653 bits per heavy atom. The van der Waals surface area contributed by atoms with E-state index < -0.39 is 74.5 Å². The largest absolute Gasteiger partial charge is 0.478 e. The third-order valence-electron chi connectivity index (χ3n) is 10.5. The molecule has 0 fully saturated rings. The van der Waals surface area contributed by atoms with Crippen LogP contribution in [-0.2, 0) is 13.1 Å². The number of ether oxygens (including phenoxy) is 2. The summed E-state index contributed by atoms with van der Waals surface area (Å²) in [6, 6.07) is 9.92. The average Bonchev–Trinajstić information content (AvgIpc) is 4.12. The van der Waals surface area contributed by atoms with Crippen LogP contribution in [0.25, 0.3) is 11.4 Å². The zero-order chi connectivity index (χ0) is 52.3. The van der Waals surface area contributed by atoms with Crippen LogP contribution in [0.2, 0.25) is 0 Å². The lowest BCUT2D eigenvalue weighted by Crippen LogP contribution is -2.16. The molecular weight excluding hydrogens is 1220 g/mol. The average molecular weight is 1250 g/mol. The maximum absolute atomic E-state index is 14.9. The number of nitrogens with zero attached hydrogens (tertiary/aromatic N) is 12. The second kappa shape index (κ2) is 22.3. The molecule has 0 spiro atoms. The lowest BCUT2D eigenvalue weighted by molar-refractivity contribution is -0.390. The van der Waals surface area contributed by atoms with Crippen molar-refractivity contribution in [2.45, 2.75) is 59.1 Å². The Kier molecular flexibility index (Phi) is 16.5. The smallest absolute Gasteiger partial charge is 0.406 e. The summed E-state index contributed by atoms with van der Waals surface area (Å²) in [6.45, 7) is 7.74. The highest BCUT2D eigenvalue weighted by molar-refractivity contribution is 9.11. The summed E-state index contributed by atoms with van der Waals surface area (Å²) in [4.78, 5) is 42.2. The normalized spacial score (nSPS) is 12.5. The van der Waals surface area contributed by atoms with Crippen molar-refractivity contribution < 1.29 is 46.8 Å². The van der Waals surface area contributed by atoms with Crippen molar-refractivity contribution in [1.29, 1.82) is 0 Å². The van der Waals surface area contributed by atoms with E-state index in [-0.39, 0.29) is 45.3 Å². The molecule has 0 aliphatic carbocycles. The molecule has 374 valence electrons. The second-order valence-electron chi connectivity index (χ2n) is 15.0. The van der Waals surface area contributed by atoms with Gasteiger partial charge in [-0.25, -0.2) is 26.9 Å². The number of ketones is 1. The molecule has 8 aromatic rings. The number of hydrogen-bond donors (Lipinski definition) is 1. The number of aromatic nitrogens is 10. The van der Waals surface area contributed by atoms with Gasteiger partial charge in [-0.2, -0.15) is 20.4 Å². The molecule has 2 aromatic carbocycles. The first-order valence-electron chi connectivity index (χ1n) is 20.9. The van der Waals surface area contributed by atoms with Crippen molar-refractivity contribution in [3.05, 3.63) is 181 Å². The van der Waals surface area contributed by atoms with Crippen LogP contribution in [0.1, 0.15) is 84.4 Å². The molecule has 72 heavy (non-hydrogen) atoms. The number of carbonyl (C=O) groups is 1. The predicted octanol–water partition coefficient (Wildman–Crippen LogP) is 11.0. The van der Waals surface area contributed by atoms with Gasteiger partial charge in [-0.3, -0.25) is 14.2 Å². The molecule has 0 bridgehead atoms. The fourth-order valence-electron chi connectivity index (χ4n) is 7.17. The van der Waals surface area contributed by atoms with Gasteiger partial charge in [0.15, 0.2) is 29.7 Å². The van der Waals surface area contributed by atoms with Crippen LogP contribution in [0.4, 0.5) is 29.2 Å². The molecule has 6 heterocycles. The summed E-state index contributed by atoms with van der Waals surface area (Å²) < 4.78 is 76.9. The molecule has 20 nitrogen and oxygen atoms in total. The molecule has 8 rings (SSSR count). The summed E-state index contributed by atoms with van der Waals surface area (Å²) >= 11 is 13.1. The lowest BCUT2D eigenvalue weighted by Gasteiger charge is -2.20. The molecule has 3 atom stereocenters. The van der Waals surface area contributed by atoms with Gasteiger partial charge < -0.3 is 34.8 Å². The molecular formula is C44H34Br4F4N12O8. The van der Waals surface area contributed by atoms with Crippen molar-refractivity contribution in [2.24, 2.45) is 0 Å². The van der Waals surface area contributed by atoms with E-state index in [0.717, 1.165) is 46.0 Å². The van der Waals surface area contributed by atoms with Crippen molar-refractivity contribution in [3.63, 3.8) is 0 Å². The minimum absolute atomic E-state index is 0.112. The first-order valence-corrected chi connectivity index (χ1v) is 24.1. The van der Waals surface area contributed by atoms with Crippen LogP contribution in [-0.4, -0.2) is 69.8 Å². The van der Waals surface area contributed by atoms with Crippen LogP contribution < -0.4 is 9.47 Å². The molecule has 0 saturated carbocycles. The molecule has 0 aliphatic heterocycles. The molecule has 0 aliphatic rings. The number of carbonyl (C=O) groups excluding carboxylic acids is 1. The highest BCUT2D eigenvalue weighted by atomic mass is 79.9. The van der Waals surface area contributed by atoms with Gasteiger partial charge in [-0.05, 0) is 148 Å². The Balaban J connectivity index is 0.000000211. The van der Waals surface area contributed by atoms with Gasteiger partial charge in [-0.1, -0.05) is 0 Å². The summed E-state index contributed by atoms with van der Waals surface area (Å²) in [7, 11) is 0. The van der Waals surface area contributed by atoms with Gasteiger partial charge in [0, 0.05) is 41.9 Å². The van der Waals surface area contributed by atoms with E-state index in [4.69, 9.17) is 9.47 Å². The van der Waals surface area contributed by atoms with Crippen molar-refractivity contribution in [1.82, 2.24) is 49.1 Å². The number of hydrogen-bond acceptors (Lipinski definition) is 14. The van der Waals surface area contributed by atoms with E-state index in [1.807, 2.05) is 13.8 Å². The molecule has 0 amide bonds. The minimum Gasteiger partial charge on any atom is -0.478 e. The van der Waals surface area contributed by atoms with Crippen LogP contribution in [0.15, 0.2) is 104 Å². The number of nitro groups is 2. The van der Waals surface area contributed by atoms with E-state index in [1.54, 1.807) is 11.6 Å². The van der Waals surface area contributed by atoms with Crippen LogP contribution in [0.3, 0.4) is 0 Å². The molecule has 28 heteroatoms. The quantitative estimate of drug-likeness (QED) is 0.0410. The summed E-state index contributed by atoms with van der Waals surface area (Å²) in [5.41, 5.74) is 0.506. The van der Waals surface area contributed by atoms with Gasteiger partial charge in [0.05, 0.1) is 50.7 Å². The summed E-state index contributed by atoms with van der Waals surface area (Å²) in [5.74, 6) is -5.04. The Hall–Kier alpha value is -6.75. The number of benzene rings is 2. The number of aliphatic hydroxyl groups is 1. The second-order valence-corrected chi connectivity index (χ2v) is 18.4. The standard InChI is InChI=1S/C22H18Br2F2N6O4.C22H16Br2F2N6O4/c2*1-3-30-21(24)15(9-28-30)20(33)19-16(26)10-29-31(19)17-5-4-13(25)7-14(17)11(2)36-18-6-12(23)8-27-22(18)32(34)35/h4-11,20,33H,3H2,1-2H3;4-11H,3H2,1-2H3. The third kappa shape index (κ3) is 11.0. The SMILES string of the molecule is CCn1ncc(C(=O)c2c(F)cnn2-c2ccc(F)cc2C(C)Oc2cc(Br)cnc2[N+](=O)[O-])c1Br.CCn1ncc(C(O)c2c(F)cnn2-c2ccc(F)cc2C(C)Oc2cc(Br)cnc2[N+](=O)[O-])c1Br. The minimum atomic E-state index is -1.47. The molecule has 0 saturated heterocycles. The van der Waals surface area contributed by atoms with Crippen LogP contribution in [0.5, 0.6) is 11.5 Å². The maximum Gasteiger partial charge on any atom is 0.406 e. The van der Waals surface area contributed by atoms with Gasteiger partial charge in [0.1, 0.15) is 44.8 Å². The van der Waals surface area contributed by atoms with Gasteiger partial charge in [0.25, 0.3) is 0 Å². The van der Waals surface area contributed by atoms with E-state index >= 15 is 0 Å². The number of aliphatic hydroxyl groups excluding tert-OH is 1. The zero-order valence-corrected chi connectivity index (χ0v) is 43.8. The van der Waals surface area contributed by atoms with Crippen molar-refractivity contribution in [2.75, 3.05) is 0 Å². The van der Waals surface area contributed by atoms with Gasteiger partial charge >= 0.3 is 11.6 Å². The first-order chi connectivity index (χ1) is 34.2.